The van der Waals surface area contributed by atoms with Crippen molar-refractivity contribution < 1.29 is 14.3 Å². The minimum Gasteiger partial charge on any atom is -0.361 e. The van der Waals surface area contributed by atoms with Gasteiger partial charge in [-0.15, -0.1) is 0 Å². The van der Waals surface area contributed by atoms with Crippen LogP contribution in [0.3, 0.4) is 0 Å². The second-order valence-electron chi connectivity index (χ2n) is 10.1. The number of ether oxygens (including phenoxy) is 2. The van der Waals surface area contributed by atoms with E-state index in [1.807, 2.05) is 12.1 Å². The van der Waals surface area contributed by atoms with E-state index in [0.29, 0.717) is 20.1 Å². The number of hydrogen-bond donors (Lipinski definition) is 0. The zero-order valence-electron chi connectivity index (χ0n) is 18.8. The van der Waals surface area contributed by atoms with Crippen LogP contribution in [0, 0.1) is 0 Å². The van der Waals surface area contributed by atoms with Gasteiger partial charge < -0.3 is 19.3 Å². The quantitative estimate of drug-likeness (QED) is 0.282. The van der Waals surface area contributed by atoms with Gasteiger partial charge in [0.05, 0.1) is 18.0 Å². The highest BCUT2D eigenvalue weighted by molar-refractivity contribution is 6.76. The number of anilines is 2. The smallest absolute Gasteiger partial charge is 0.161 e. The molecule has 28 heavy (non-hydrogen) atoms. The maximum atomic E-state index is 12.2. The number of Topliss-reactive ketones (excluding diaryl/α,β-unsaturated/α-hetero) is 1. The molecule has 0 aliphatic carbocycles. The van der Waals surface area contributed by atoms with Gasteiger partial charge in [-0.2, -0.15) is 0 Å². The molecule has 0 bridgehead atoms. The summed E-state index contributed by atoms with van der Waals surface area (Å²) in [4.78, 5) is 16.5. The second-order valence-corrected chi connectivity index (χ2v) is 21.4. The van der Waals surface area contributed by atoms with Crippen molar-refractivity contribution in [1.29, 1.82) is 0 Å². The van der Waals surface area contributed by atoms with Gasteiger partial charge in [0.2, 0.25) is 0 Å². The Balaban J connectivity index is 2.04. The van der Waals surface area contributed by atoms with Gasteiger partial charge in [0.15, 0.2) is 5.78 Å². The van der Waals surface area contributed by atoms with Crippen LogP contribution in [0.5, 0.6) is 0 Å². The molecule has 1 heterocycles. The van der Waals surface area contributed by atoms with Crippen molar-refractivity contribution in [3.63, 3.8) is 0 Å². The lowest BCUT2D eigenvalue weighted by Crippen LogP contribution is -2.35. The summed E-state index contributed by atoms with van der Waals surface area (Å²) in [5.41, 5.74) is 2.81. The van der Waals surface area contributed by atoms with Crippen molar-refractivity contribution in [3.05, 3.63) is 23.8 Å². The van der Waals surface area contributed by atoms with Crippen LogP contribution >= 0.6 is 0 Å². The van der Waals surface area contributed by atoms with E-state index in [4.69, 9.17) is 9.47 Å². The molecule has 0 spiro atoms. The third kappa shape index (κ3) is 7.02. The molecule has 0 saturated heterocycles. The highest BCUT2D eigenvalue weighted by atomic mass is 28.3. The summed E-state index contributed by atoms with van der Waals surface area (Å²) in [6.07, 6.45) is 0. The predicted molar refractivity (Wildman–Crippen MR) is 124 cm³/mol. The van der Waals surface area contributed by atoms with E-state index in [-0.39, 0.29) is 5.78 Å². The average molecular weight is 423 g/mol. The number of rotatable bonds is 11. The van der Waals surface area contributed by atoms with Crippen LogP contribution in [-0.4, -0.2) is 55.3 Å². The van der Waals surface area contributed by atoms with E-state index in [9.17, 15) is 4.79 Å². The Morgan fingerprint density at radius 3 is 1.96 bits per heavy atom. The summed E-state index contributed by atoms with van der Waals surface area (Å²) in [7, 11) is -2.21. The summed E-state index contributed by atoms with van der Waals surface area (Å²) in [6, 6.07) is 8.24. The van der Waals surface area contributed by atoms with Crippen molar-refractivity contribution in [2.45, 2.75) is 58.3 Å². The number of para-hydroxylation sites is 1. The minimum absolute atomic E-state index is 0.0884. The van der Waals surface area contributed by atoms with Crippen LogP contribution in [-0.2, 0) is 9.47 Å². The topological polar surface area (TPSA) is 42.0 Å². The molecular weight excluding hydrogens is 384 g/mol. The lowest BCUT2D eigenvalue weighted by atomic mass is 10.1. The fourth-order valence-electron chi connectivity index (χ4n) is 3.08. The summed E-state index contributed by atoms with van der Waals surface area (Å²) < 4.78 is 12.0. The molecule has 1 aromatic carbocycles. The van der Waals surface area contributed by atoms with Gasteiger partial charge in [-0.05, 0) is 31.1 Å². The fraction of sp³-hybridized carbons (Fsp3) is 0.667. The van der Waals surface area contributed by atoms with E-state index in [1.54, 1.807) is 6.92 Å². The monoisotopic (exact) mass is 422 g/mol. The van der Waals surface area contributed by atoms with Gasteiger partial charge in [-0.3, -0.25) is 4.79 Å². The highest BCUT2D eigenvalue weighted by Gasteiger charge is 2.29. The van der Waals surface area contributed by atoms with E-state index >= 15 is 0 Å². The first kappa shape index (κ1) is 23.1. The van der Waals surface area contributed by atoms with E-state index in [0.717, 1.165) is 42.2 Å². The number of carbonyl (C=O) groups excluding carboxylic acids is 1. The summed E-state index contributed by atoms with van der Waals surface area (Å²) in [6.45, 7) is 19.1. The molecule has 0 aromatic heterocycles. The lowest BCUT2D eigenvalue weighted by Gasteiger charge is -2.23. The van der Waals surface area contributed by atoms with E-state index in [1.165, 1.54) is 0 Å². The second kappa shape index (κ2) is 9.56. The number of hydrogen-bond acceptors (Lipinski definition) is 5. The molecule has 1 aliphatic heterocycles. The first-order valence-electron chi connectivity index (χ1n) is 10.3. The Kier molecular flexibility index (Phi) is 7.90. The Hall–Kier alpha value is -1.16. The predicted octanol–water partition coefficient (Wildman–Crippen LogP) is 5.10. The number of carbonyl (C=O) groups is 1. The van der Waals surface area contributed by atoms with Gasteiger partial charge in [-0.25, -0.2) is 0 Å². The average Bonchev–Trinajstić information content (AvgIpc) is 2.92. The molecule has 1 aromatic rings. The lowest BCUT2D eigenvalue weighted by molar-refractivity contribution is 0.101. The molecule has 0 unspecified atom stereocenters. The van der Waals surface area contributed by atoms with Gasteiger partial charge in [0.1, 0.15) is 13.5 Å². The number of fused-ring (bicyclic) bond motifs is 1. The van der Waals surface area contributed by atoms with Gasteiger partial charge in [-0.1, -0.05) is 45.3 Å². The molecule has 158 valence electrons. The zero-order chi connectivity index (χ0) is 20.9. The molecule has 5 nitrogen and oxygen atoms in total. The van der Waals surface area contributed by atoms with E-state index in [2.05, 4.69) is 55.1 Å². The number of benzene rings is 1. The van der Waals surface area contributed by atoms with Crippen molar-refractivity contribution >= 4 is 33.3 Å². The minimum atomic E-state index is -1.11. The third-order valence-corrected chi connectivity index (χ3v) is 8.29. The number of nitrogens with zero attached hydrogens (tertiary/aromatic N) is 2. The van der Waals surface area contributed by atoms with Crippen LogP contribution in [0.1, 0.15) is 17.3 Å². The maximum absolute atomic E-state index is 12.2. The highest BCUT2D eigenvalue weighted by Crippen LogP contribution is 2.39. The largest absolute Gasteiger partial charge is 0.361 e. The molecule has 0 N–H and O–H groups in total. The molecule has 0 radical (unpaired) electrons. The van der Waals surface area contributed by atoms with Crippen LogP contribution in [0.25, 0.3) is 0 Å². The van der Waals surface area contributed by atoms with Gasteiger partial charge in [0, 0.05) is 34.9 Å². The Bertz CT molecular complexity index is 669. The molecule has 1 aliphatic rings. The first-order chi connectivity index (χ1) is 13.0. The standard InChI is InChI=1S/C21H38N2O3Si2/c1-18(24)19-9-8-10-20-21(19)23(17-26-12-14-28(5,6)7)15-22(20)16-25-11-13-27(2,3)4/h8-10H,11-17H2,1-7H3. The van der Waals surface area contributed by atoms with Gasteiger partial charge in [0.25, 0.3) is 0 Å². The SMILES string of the molecule is CC(=O)c1cccc2c1N(COCC[Si](C)(C)C)CN2COCC[Si](C)(C)C. The number of ketones is 1. The molecule has 0 saturated carbocycles. The Morgan fingerprint density at radius 1 is 0.929 bits per heavy atom. The normalized spacial score (nSPS) is 14.5. The molecule has 0 fully saturated rings. The van der Waals surface area contributed by atoms with Crippen molar-refractivity contribution in [1.82, 2.24) is 0 Å². The Morgan fingerprint density at radius 2 is 1.46 bits per heavy atom. The third-order valence-electron chi connectivity index (χ3n) is 4.88. The Labute approximate surface area is 173 Å². The van der Waals surface area contributed by atoms with Crippen LogP contribution in [0.2, 0.25) is 51.4 Å². The molecule has 7 heteroatoms. The van der Waals surface area contributed by atoms with Crippen LogP contribution in [0.15, 0.2) is 18.2 Å². The zero-order valence-corrected chi connectivity index (χ0v) is 20.8. The molecule has 2 rings (SSSR count). The summed E-state index contributed by atoms with van der Waals surface area (Å²) in [5.74, 6) is 0.0884. The molecule has 0 amide bonds. The first-order valence-corrected chi connectivity index (χ1v) is 17.7. The molecular formula is C21H38N2O3Si2. The van der Waals surface area contributed by atoms with Crippen LogP contribution in [0.4, 0.5) is 11.4 Å². The van der Waals surface area contributed by atoms with Crippen molar-refractivity contribution in [3.8, 4) is 0 Å². The summed E-state index contributed by atoms with van der Waals surface area (Å²) in [5, 5.41) is 0. The van der Waals surface area contributed by atoms with Crippen LogP contribution < -0.4 is 9.80 Å². The summed E-state index contributed by atoms with van der Waals surface area (Å²) >= 11 is 0. The van der Waals surface area contributed by atoms with Crippen molar-refractivity contribution in [2.75, 3.05) is 43.1 Å². The van der Waals surface area contributed by atoms with Crippen molar-refractivity contribution in [2.24, 2.45) is 0 Å². The van der Waals surface area contributed by atoms with E-state index < -0.39 is 16.1 Å². The fourth-order valence-corrected chi connectivity index (χ4v) is 4.59. The van der Waals surface area contributed by atoms with Gasteiger partial charge >= 0.3 is 0 Å². The maximum Gasteiger partial charge on any atom is 0.161 e. The molecule has 0 atom stereocenters.